The van der Waals surface area contributed by atoms with Crippen LogP contribution < -0.4 is 45.7 Å². The van der Waals surface area contributed by atoms with Crippen LogP contribution in [0.3, 0.4) is 0 Å². The minimum atomic E-state index is -1.55. The van der Waals surface area contributed by atoms with E-state index < -0.39 is 29.2 Å². The molecule has 178 valence electrons. The molecule has 2 aliphatic heterocycles. The van der Waals surface area contributed by atoms with E-state index in [1.165, 1.54) is 11.8 Å². The number of nitrogens with zero attached hydrogens (tertiary/aromatic N) is 5. The summed E-state index contributed by atoms with van der Waals surface area (Å²) in [5.74, 6) is -2.71. The number of ether oxygens (including phenoxy) is 1. The molecule has 2 amide bonds. The third kappa shape index (κ3) is 5.75. The Morgan fingerprint density at radius 2 is 2.11 bits per heavy atom. The minimum absolute atomic E-state index is 0. The molecule has 1 fully saturated rings. The SMILES string of the molecule is CCO/N=C(\C(=O)N[C@@H]1C(=O)N2C(C(=O)[O-])=C(OCc3ccncc3)CS[C@@H]12)c1nsc(N)n1.[Na+]. The number of carbonyl (C=O) groups excluding carboxylic acids is 3. The molecule has 0 saturated carbocycles. The Labute approximate surface area is 229 Å². The predicted molar refractivity (Wildman–Crippen MR) is 119 cm³/mol. The van der Waals surface area contributed by atoms with Crippen LogP contribution in [0.4, 0.5) is 5.13 Å². The summed E-state index contributed by atoms with van der Waals surface area (Å²) in [6.07, 6.45) is 3.17. The normalized spacial score (nSPS) is 19.3. The fourth-order valence-corrected chi connectivity index (χ4v) is 4.91. The van der Waals surface area contributed by atoms with E-state index in [2.05, 4.69) is 24.8 Å². The second-order valence-electron chi connectivity index (χ2n) is 6.88. The number of nitrogen functional groups attached to an aromatic ring is 1. The first-order valence-corrected chi connectivity index (χ1v) is 11.7. The average molecular weight is 528 g/mol. The summed E-state index contributed by atoms with van der Waals surface area (Å²) in [6.45, 7) is 1.96. The van der Waals surface area contributed by atoms with Gasteiger partial charge in [0.2, 0.25) is 11.5 Å². The van der Waals surface area contributed by atoms with Crippen LogP contribution in [0.1, 0.15) is 18.3 Å². The Bertz CT molecular complexity index is 1180. The number of oxime groups is 1. The molecule has 2 atom stereocenters. The van der Waals surface area contributed by atoms with Crippen LogP contribution in [-0.4, -0.2) is 66.5 Å². The molecule has 2 aromatic heterocycles. The molecular weight excluding hydrogens is 509 g/mol. The quantitative estimate of drug-likeness (QED) is 0.140. The number of carbonyl (C=O) groups is 3. The maximum absolute atomic E-state index is 12.8. The van der Waals surface area contributed by atoms with Gasteiger partial charge in [-0.05, 0) is 24.6 Å². The van der Waals surface area contributed by atoms with E-state index in [1.807, 2.05) is 0 Å². The van der Waals surface area contributed by atoms with Gasteiger partial charge in [0.15, 0.2) is 5.13 Å². The molecular formula is C19H18N7NaO6S2. The van der Waals surface area contributed by atoms with E-state index in [4.69, 9.17) is 15.3 Å². The summed E-state index contributed by atoms with van der Waals surface area (Å²) in [5, 5.41) is 17.6. The molecule has 2 aliphatic rings. The number of rotatable bonds is 9. The van der Waals surface area contributed by atoms with Crippen molar-refractivity contribution in [3.63, 3.8) is 0 Å². The molecule has 4 heterocycles. The third-order valence-electron chi connectivity index (χ3n) is 4.73. The molecule has 0 aromatic carbocycles. The summed E-state index contributed by atoms with van der Waals surface area (Å²) < 4.78 is 9.62. The van der Waals surface area contributed by atoms with Gasteiger partial charge in [-0.25, -0.2) is 0 Å². The van der Waals surface area contributed by atoms with Gasteiger partial charge in [0.05, 0.1) is 11.7 Å². The fourth-order valence-electron chi connectivity index (χ4n) is 3.19. The van der Waals surface area contributed by atoms with E-state index in [9.17, 15) is 19.5 Å². The number of nitrogens with one attached hydrogen (secondary N) is 1. The summed E-state index contributed by atoms with van der Waals surface area (Å²) in [4.78, 5) is 51.4. The Morgan fingerprint density at radius 1 is 1.37 bits per heavy atom. The summed E-state index contributed by atoms with van der Waals surface area (Å²) in [7, 11) is 0. The van der Waals surface area contributed by atoms with Crippen molar-refractivity contribution in [1.82, 2.24) is 24.6 Å². The van der Waals surface area contributed by atoms with Crippen LogP contribution in [0, 0.1) is 0 Å². The Hall–Kier alpha value is -2.72. The number of β-lactam (4-membered cyclic amide) rings is 1. The van der Waals surface area contributed by atoms with Crippen LogP contribution in [0.2, 0.25) is 0 Å². The van der Waals surface area contributed by atoms with E-state index >= 15 is 0 Å². The molecule has 13 nitrogen and oxygen atoms in total. The molecule has 0 radical (unpaired) electrons. The maximum Gasteiger partial charge on any atom is 1.00 e. The molecule has 35 heavy (non-hydrogen) atoms. The van der Waals surface area contributed by atoms with Crippen LogP contribution in [0.15, 0.2) is 41.1 Å². The van der Waals surface area contributed by atoms with Gasteiger partial charge in [-0.1, -0.05) is 5.16 Å². The first-order chi connectivity index (χ1) is 16.4. The maximum atomic E-state index is 12.8. The van der Waals surface area contributed by atoms with Gasteiger partial charge in [-0.2, -0.15) is 9.36 Å². The second kappa shape index (κ2) is 11.8. The van der Waals surface area contributed by atoms with Gasteiger partial charge in [-0.15, -0.1) is 11.8 Å². The standard InChI is InChI=1S/C19H19N7O6S2.Na/c1-2-32-24-11(14-23-19(20)34-25-14)15(27)22-12-16(28)26-13(18(29)30)10(8-33-17(12)26)31-7-9-3-5-21-6-4-9;/h3-6,12,17H,2,7-8H2,1H3,(H,22,27)(H,29,30)(H2,20,23,25);/q;+1/p-1/b24-11-;/t12-,17+;/m1./s1. The Balaban J connectivity index is 0.00000342. The zero-order valence-corrected chi connectivity index (χ0v) is 22.3. The van der Waals surface area contributed by atoms with E-state index in [1.54, 1.807) is 31.5 Å². The van der Waals surface area contributed by atoms with Gasteiger partial charge >= 0.3 is 29.6 Å². The van der Waals surface area contributed by atoms with Gasteiger partial charge in [-0.3, -0.25) is 19.5 Å². The zero-order chi connectivity index (χ0) is 24.2. The van der Waals surface area contributed by atoms with E-state index in [-0.39, 0.29) is 76.6 Å². The number of pyridine rings is 1. The monoisotopic (exact) mass is 527 g/mol. The molecule has 4 rings (SSSR count). The number of thioether (sulfide) groups is 1. The van der Waals surface area contributed by atoms with Gasteiger partial charge < -0.3 is 30.5 Å². The number of aromatic nitrogens is 3. The van der Waals surface area contributed by atoms with Crippen LogP contribution in [-0.2, 0) is 30.6 Å². The summed E-state index contributed by atoms with van der Waals surface area (Å²) in [6, 6.07) is 2.45. The third-order valence-corrected chi connectivity index (χ3v) is 6.53. The number of carboxylic acids is 1. The minimum Gasteiger partial charge on any atom is -0.543 e. The number of anilines is 1. The number of amides is 2. The van der Waals surface area contributed by atoms with Crippen molar-refractivity contribution in [1.29, 1.82) is 0 Å². The number of hydrogen-bond donors (Lipinski definition) is 2. The van der Waals surface area contributed by atoms with Gasteiger partial charge in [0.25, 0.3) is 11.8 Å². The topological polar surface area (TPSA) is 185 Å². The molecule has 16 heteroatoms. The zero-order valence-electron chi connectivity index (χ0n) is 18.7. The van der Waals surface area contributed by atoms with E-state index in [0.29, 0.717) is 0 Å². The van der Waals surface area contributed by atoms with Crippen molar-refractivity contribution in [2.45, 2.75) is 24.9 Å². The van der Waals surface area contributed by atoms with Crippen molar-refractivity contribution in [3.8, 4) is 0 Å². The molecule has 1 saturated heterocycles. The Kier molecular flexibility index (Phi) is 9.07. The smallest absolute Gasteiger partial charge is 0.543 e. The van der Waals surface area contributed by atoms with Crippen LogP contribution in [0.5, 0.6) is 0 Å². The Morgan fingerprint density at radius 3 is 2.74 bits per heavy atom. The van der Waals surface area contributed by atoms with Crippen molar-refractivity contribution < 1.29 is 58.6 Å². The van der Waals surface area contributed by atoms with Crippen molar-refractivity contribution in [2.75, 3.05) is 18.1 Å². The molecule has 0 unspecified atom stereocenters. The predicted octanol–water partition coefficient (Wildman–Crippen LogP) is -4.16. The number of nitrogens with two attached hydrogens (primary N) is 1. The van der Waals surface area contributed by atoms with Crippen molar-refractivity contribution in [2.24, 2.45) is 5.16 Å². The molecule has 2 aromatic rings. The number of fused-ring (bicyclic) bond motifs is 1. The van der Waals surface area contributed by atoms with Gasteiger partial charge in [0, 0.05) is 23.9 Å². The van der Waals surface area contributed by atoms with Crippen LogP contribution >= 0.6 is 23.3 Å². The number of carboxylic acid groups (broad SMARTS) is 1. The average Bonchev–Trinajstić information content (AvgIpc) is 3.27. The van der Waals surface area contributed by atoms with E-state index in [0.717, 1.165) is 22.0 Å². The molecule has 0 aliphatic carbocycles. The van der Waals surface area contributed by atoms with Crippen molar-refractivity contribution >= 4 is 51.9 Å². The largest absolute Gasteiger partial charge is 1.00 e. The molecule has 0 bridgehead atoms. The summed E-state index contributed by atoms with van der Waals surface area (Å²) in [5.41, 5.74) is 5.76. The number of hydrogen-bond acceptors (Lipinski definition) is 13. The van der Waals surface area contributed by atoms with Crippen molar-refractivity contribution in [3.05, 3.63) is 47.4 Å². The molecule has 0 spiro atoms. The van der Waals surface area contributed by atoms with Crippen LogP contribution in [0.25, 0.3) is 0 Å². The molecule has 3 N–H and O–H groups in total. The summed E-state index contributed by atoms with van der Waals surface area (Å²) >= 11 is 2.12. The first-order valence-electron chi connectivity index (χ1n) is 9.92. The fraction of sp³-hybridized carbons (Fsp3) is 0.316. The first kappa shape index (κ1) is 26.9. The second-order valence-corrected chi connectivity index (χ2v) is 8.77. The van der Waals surface area contributed by atoms with Gasteiger partial charge in [0.1, 0.15) is 36.1 Å². The number of aliphatic carboxylic acids is 1.